The highest BCUT2D eigenvalue weighted by atomic mass is 16.5. The zero-order valence-corrected chi connectivity index (χ0v) is 40.3. The number of aromatic nitrogens is 2. The maximum Gasteiger partial charge on any atom is 0.256 e. The Hall–Kier alpha value is -10.3. The molecule has 6 nitrogen and oxygen atoms in total. The van der Waals surface area contributed by atoms with Crippen molar-refractivity contribution in [3.8, 4) is 68.4 Å². The highest BCUT2D eigenvalue weighted by molar-refractivity contribution is 6.99. The first-order valence-electron chi connectivity index (χ1n) is 25.2. The van der Waals surface area contributed by atoms with E-state index in [0.717, 1.165) is 112 Å². The van der Waals surface area contributed by atoms with Crippen LogP contribution in [0.1, 0.15) is 11.1 Å². The van der Waals surface area contributed by atoms with Crippen LogP contribution in [-0.4, -0.2) is 15.8 Å². The van der Waals surface area contributed by atoms with Gasteiger partial charge in [-0.1, -0.05) is 152 Å². The molecule has 0 amide bonds. The summed E-state index contributed by atoms with van der Waals surface area (Å²) in [7, 11) is 0. The minimum Gasteiger partial charge on any atom is -0.458 e. The third-order valence-corrected chi connectivity index (χ3v) is 15.5. The van der Waals surface area contributed by atoms with Gasteiger partial charge < -0.3 is 18.8 Å². The van der Waals surface area contributed by atoms with Crippen molar-refractivity contribution in [1.29, 1.82) is 10.5 Å². The lowest BCUT2D eigenvalue weighted by Crippen LogP contribution is -2.59. The van der Waals surface area contributed by atoms with Gasteiger partial charge in [-0.3, -0.25) is 0 Å². The molecular weight excluding hydrogens is 914 g/mol. The molecule has 346 valence electrons. The molecule has 0 unspecified atom stereocenters. The summed E-state index contributed by atoms with van der Waals surface area (Å²) in [5.74, 6) is 1.53. The van der Waals surface area contributed by atoms with Crippen molar-refractivity contribution in [1.82, 2.24) is 9.13 Å². The van der Waals surface area contributed by atoms with Crippen LogP contribution in [0.5, 0.6) is 11.5 Å². The van der Waals surface area contributed by atoms with E-state index in [9.17, 15) is 10.5 Å². The first-order chi connectivity index (χ1) is 37.1. The van der Waals surface area contributed by atoms with Gasteiger partial charge in [0.1, 0.15) is 11.5 Å². The number of hydrogen-bond acceptors (Lipinski definition) is 4. The average molecular weight is 954 g/mol. The number of rotatable bonds is 6. The van der Waals surface area contributed by atoms with E-state index in [1.165, 1.54) is 21.5 Å². The molecule has 4 heterocycles. The number of nitriles is 2. The Morgan fingerprint density at radius 1 is 0.360 bits per heavy atom. The summed E-state index contributed by atoms with van der Waals surface area (Å²) >= 11 is 0. The molecule has 0 saturated carbocycles. The fourth-order valence-corrected chi connectivity index (χ4v) is 12.2. The molecular formula is C68H40BN5O. The number of para-hydroxylation sites is 5. The van der Waals surface area contributed by atoms with Crippen molar-refractivity contribution in [3.05, 3.63) is 254 Å². The maximum absolute atomic E-state index is 10.6. The molecule has 2 aromatic heterocycles. The molecule has 0 radical (unpaired) electrons. The topological polar surface area (TPSA) is 69.9 Å². The lowest BCUT2D eigenvalue weighted by atomic mass is 9.34. The summed E-state index contributed by atoms with van der Waals surface area (Å²) in [5, 5.41) is 25.8. The van der Waals surface area contributed by atoms with Gasteiger partial charge in [0.2, 0.25) is 0 Å². The normalized spacial score (nSPS) is 12.3. The van der Waals surface area contributed by atoms with Crippen LogP contribution >= 0.6 is 0 Å². The molecule has 7 heteroatoms. The van der Waals surface area contributed by atoms with Gasteiger partial charge in [-0.05, 0) is 124 Å². The largest absolute Gasteiger partial charge is 0.458 e. The van der Waals surface area contributed by atoms with Crippen LogP contribution in [0.4, 0.5) is 17.1 Å². The summed E-state index contributed by atoms with van der Waals surface area (Å²) < 4.78 is 11.7. The van der Waals surface area contributed by atoms with Gasteiger partial charge in [0.05, 0.1) is 56.7 Å². The SMILES string of the molecule is N#Cc1ccc(-n2c3ccccc3c3ccccc32)c(-c2ccc3c(c2)N(c2ccccc2-c2ccccc2)c2cccc4c2B3c2ccc(-c3cc(-n5c6ccccc6c6ccccc65)ccc3C#N)cc2O4)c1. The second-order valence-corrected chi connectivity index (χ2v) is 19.4. The Morgan fingerprint density at radius 2 is 0.960 bits per heavy atom. The second kappa shape index (κ2) is 16.6. The molecule has 75 heavy (non-hydrogen) atoms. The number of ether oxygens (including phenoxy) is 1. The number of hydrogen-bond donors (Lipinski definition) is 0. The summed E-state index contributed by atoms with van der Waals surface area (Å²) in [6.45, 7) is -0.195. The first kappa shape index (κ1) is 42.4. The average Bonchev–Trinajstić information content (AvgIpc) is 4.00. The predicted molar refractivity (Wildman–Crippen MR) is 307 cm³/mol. The first-order valence-corrected chi connectivity index (χ1v) is 25.2. The Bertz CT molecular complexity index is 4520. The van der Waals surface area contributed by atoms with Gasteiger partial charge in [-0.2, -0.15) is 10.5 Å². The molecule has 0 fully saturated rings. The summed E-state index contributed by atoms with van der Waals surface area (Å²) in [6.07, 6.45) is 0. The molecule has 0 N–H and O–H groups in total. The van der Waals surface area contributed by atoms with Gasteiger partial charge in [0.25, 0.3) is 6.71 Å². The zero-order valence-electron chi connectivity index (χ0n) is 40.3. The second-order valence-electron chi connectivity index (χ2n) is 19.4. The van der Waals surface area contributed by atoms with E-state index in [4.69, 9.17) is 4.74 Å². The maximum atomic E-state index is 10.6. The molecule has 0 bridgehead atoms. The van der Waals surface area contributed by atoms with Crippen LogP contribution in [0.15, 0.2) is 243 Å². The van der Waals surface area contributed by atoms with Crippen LogP contribution in [-0.2, 0) is 0 Å². The molecule has 0 spiro atoms. The molecule has 0 atom stereocenters. The van der Waals surface area contributed by atoms with E-state index in [1.54, 1.807) is 0 Å². The van der Waals surface area contributed by atoms with Gasteiger partial charge in [-0.25, -0.2) is 0 Å². The van der Waals surface area contributed by atoms with Crippen molar-refractivity contribution in [2.24, 2.45) is 0 Å². The van der Waals surface area contributed by atoms with Crippen LogP contribution < -0.4 is 26.0 Å². The van der Waals surface area contributed by atoms with Crippen molar-refractivity contribution in [2.45, 2.75) is 0 Å². The van der Waals surface area contributed by atoms with Crippen molar-refractivity contribution < 1.29 is 4.74 Å². The van der Waals surface area contributed by atoms with Gasteiger partial charge in [-0.15, -0.1) is 0 Å². The highest BCUT2D eigenvalue weighted by Crippen LogP contribution is 2.47. The summed E-state index contributed by atoms with van der Waals surface area (Å²) in [6, 6.07) is 90.1. The minimum atomic E-state index is -0.195. The van der Waals surface area contributed by atoms with E-state index in [-0.39, 0.29) is 6.71 Å². The van der Waals surface area contributed by atoms with Crippen LogP contribution in [0, 0.1) is 22.7 Å². The predicted octanol–water partition coefficient (Wildman–Crippen LogP) is 15.0. The van der Waals surface area contributed by atoms with Gasteiger partial charge in [0.15, 0.2) is 0 Å². The Kier molecular flexibility index (Phi) is 9.38. The molecule has 2 aliphatic rings. The molecule has 0 saturated heterocycles. The smallest absolute Gasteiger partial charge is 0.256 e. The Labute approximate surface area is 433 Å². The van der Waals surface area contributed by atoms with Crippen LogP contribution in [0.3, 0.4) is 0 Å². The van der Waals surface area contributed by atoms with E-state index >= 15 is 0 Å². The fraction of sp³-hybridized carbons (Fsp3) is 0. The Balaban J connectivity index is 0.938. The van der Waals surface area contributed by atoms with Crippen LogP contribution in [0.2, 0.25) is 0 Å². The number of anilines is 3. The van der Waals surface area contributed by atoms with E-state index < -0.39 is 0 Å². The van der Waals surface area contributed by atoms with Gasteiger partial charge in [0, 0.05) is 55.3 Å². The van der Waals surface area contributed by atoms with E-state index in [1.807, 2.05) is 24.3 Å². The third kappa shape index (κ3) is 6.39. The van der Waals surface area contributed by atoms with Gasteiger partial charge >= 0.3 is 0 Å². The van der Waals surface area contributed by atoms with Crippen LogP contribution in [0.25, 0.3) is 88.4 Å². The monoisotopic (exact) mass is 953 g/mol. The van der Waals surface area contributed by atoms with Crippen molar-refractivity contribution in [2.75, 3.05) is 4.90 Å². The quantitative estimate of drug-likeness (QED) is 0.156. The standard InChI is InChI=1S/C68H40BN5O/c70-41-43-29-36-63(73-61-25-12-7-20-52(61)53-21-8-13-26-62(53)73)55(37-43)45-31-34-56-65(38-45)74(58-22-9-4-17-49(58)44-15-2-1-3-16-44)64-27-14-28-66-68(64)69(56)57-35-32-46(39-67(57)75-66)54-40-48(33-30-47(54)42-71)72-59-23-10-5-18-50(59)51-19-6-11-24-60(51)72/h1-40H. The molecule has 11 aromatic carbocycles. The Morgan fingerprint density at radius 3 is 1.64 bits per heavy atom. The van der Waals surface area contributed by atoms with E-state index in [2.05, 4.69) is 245 Å². The minimum absolute atomic E-state index is 0.195. The van der Waals surface area contributed by atoms with Crippen molar-refractivity contribution >= 4 is 83.8 Å². The van der Waals surface area contributed by atoms with Crippen molar-refractivity contribution in [3.63, 3.8) is 0 Å². The lowest BCUT2D eigenvalue weighted by molar-refractivity contribution is 0.488. The number of nitrogens with zero attached hydrogens (tertiary/aromatic N) is 5. The fourth-order valence-electron chi connectivity index (χ4n) is 12.2. The summed E-state index contributed by atoms with van der Waals surface area (Å²) in [4.78, 5) is 2.41. The lowest BCUT2D eigenvalue weighted by Gasteiger charge is -2.41. The zero-order chi connectivity index (χ0) is 49.7. The number of fused-ring (bicyclic) bond motifs is 10. The van der Waals surface area contributed by atoms with E-state index in [0.29, 0.717) is 11.1 Å². The molecule has 13 aromatic rings. The highest BCUT2D eigenvalue weighted by Gasteiger charge is 2.42. The number of benzene rings is 11. The summed E-state index contributed by atoms with van der Waals surface area (Å²) in [5.41, 5.74) is 19.8. The molecule has 15 rings (SSSR count). The molecule has 0 aliphatic carbocycles. The molecule has 2 aliphatic heterocycles. The third-order valence-electron chi connectivity index (χ3n) is 15.5.